The van der Waals surface area contributed by atoms with E-state index in [0.29, 0.717) is 12.5 Å². The smallest absolute Gasteiger partial charge is 0.407 e. The van der Waals surface area contributed by atoms with Crippen molar-refractivity contribution in [3.8, 4) is 0 Å². The molecule has 0 spiro atoms. The summed E-state index contributed by atoms with van der Waals surface area (Å²) in [6.45, 7) is 11.7. The first kappa shape index (κ1) is 13.6. The summed E-state index contributed by atoms with van der Waals surface area (Å²) >= 11 is 0. The van der Waals surface area contributed by atoms with Crippen LogP contribution in [-0.2, 0) is 4.74 Å². The van der Waals surface area contributed by atoms with Gasteiger partial charge in [-0.05, 0) is 25.3 Å². The molecule has 1 rings (SSSR count). The van der Waals surface area contributed by atoms with Crippen LogP contribution < -0.4 is 5.32 Å². The summed E-state index contributed by atoms with van der Waals surface area (Å²) in [5.74, 6) is 0.636. The van der Waals surface area contributed by atoms with Crippen LogP contribution >= 0.6 is 0 Å². The first-order valence-corrected chi connectivity index (χ1v) is 9.92. The van der Waals surface area contributed by atoms with Crippen LogP contribution in [0, 0.1) is 5.92 Å². The number of alkyl carbamates (subject to hydrolysis) is 1. The SMILES string of the molecule is CCC1CC1(C)NC(=O)OCC[Si](C)(C)C. The van der Waals surface area contributed by atoms with E-state index in [1.165, 1.54) is 0 Å². The molecule has 1 amide bonds. The van der Waals surface area contributed by atoms with Gasteiger partial charge in [-0.3, -0.25) is 0 Å². The van der Waals surface area contributed by atoms with E-state index in [1.807, 2.05) is 0 Å². The average Bonchev–Trinajstić information content (AvgIpc) is 2.73. The van der Waals surface area contributed by atoms with Gasteiger partial charge >= 0.3 is 6.09 Å². The van der Waals surface area contributed by atoms with Gasteiger partial charge in [0, 0.05) is 13.6 Å². The molecule has 0 aromatic rings. The summed E-state index contributed by atoms with van der Waals surface area (Å²) in [7, 11) is -1.09. The van der Waals surface area contributed by atoms with Crippen molar-refractivity contribution in [2.75, 3.05) is 6.61 Å². The van der Waals surface area contributed by atoms with Crippen molar-refractivity contribution < 1.29 is 9.53 Å². The van der Waals surface area contributed by atoms with Crippen molar-refractivity contribution >= 4 is 14.2 Å². The number of rotatable bonds is 5. The van der Waals surface area contributed by atoms with Crippen LogP contribution in [0.4, 0.5) is 4.79 Å². The number of amides is 1. The number of carbonyl (C=O) groups excluding carboxylic acids is 1. The van der Waals surface area contributed by atoms with Crippen molar-refractivity contribution in [3.63, 3.8) is 0 Å². The van der Waals surface area contributed by atoms with Gasteiger partial charge in [-0.25, -0.2) is 4.79 Å². The largest absolute Gasteiger partial charge is 0.450 e. The normalized spacial score (nSPS) is 28.7. The molecule has 0 aromatic heterocycles. The topological polar surface area (TPSA) is 38.3 Å². The summed E-state index contributed by atoms with van der Waals surface area (Å²) in [6.07, 6.45) is 1.98. The standard InChI is InChI=1S/C12H25NO2Si/c1-6-10-9-12(10,2)13-11(14)15-7-8-16(3,4)5/h10H,6-9H2,1-5H3,(H,13,14). The van der Waals surface area contributed by atoms with Crippen LogP contribution in [0.3, 0.4) is 0 Å². The van der Waals surface area contributed by atoms with Crippen LogP contribution in [0.2, 0.25) is 25.7 Å². The van der Waals surface area contributed by atoms with Gasteiger partial charge in [-0.15, -0.1) is 0 Å². The van der Waals surface area contributed by atoms with Gasteiger partial charge in [0.05, 0.1) is 6.61 Å². The average molecular weight is 243 g/mol. The lowest BCUT2D eigenvalue weighted by atomic mass is 10.2. The minimum Gasteiger partial charge on any atom is -0.450 e. The van der Waals surface area contributed by atoms with Gasteiger partial charge in [-0.2, -0.15) is 0 Å². The van der Waals surface area contributed by atoms with Gasteiger partial charge in [0.1, 0.15) is 0 Å². The highest BCUT2D eigenvalue weighted by molar-refractivity contribution is 6.76. The predicted molar refractivity (Wildman–Crippen MR) is 69.4 cm³/mol. The molecule has 0 aromatic carbocycles. The Bertz CT molecular complexity index is 262. The van der Waals surface area contributed by atoms with E-state index in [4.69, 9.17) is 4.74 Å². The number of hydrogen-bond acceptors (Lipinski definition) is 2. The second kappa shape index (κ2) is 4.78. The molecule has 0 saturated heterocycles. The third kappa shape index (κ3) is 4.16. The molecule has 0 radical (unpaired) electrons. The molecular weight excluding hydrogens is 218 g/mol. The highest BCUT2D eigenvalue weighted by Crippen LogP contribution is 2.45. The molecule has 1 fully saturated rings. The molecule has 1 aliphatic carbocycles. The van der Waals surface area contributed by atoms with E-state index in [9.17, 15) is 4.79 Å². The molecule has 4 heteroatoms. The van der Waals surface area contributed by atoms with E-state index < -0.39 is 8.07 Å². The van der Waals surface area contributed by atoms with E-state index in [0.717, 1.165) is 18.9 Å². The van der Waals surface area contributed by atoms with Crippen LogP contribution in [0.15, 0.2) is 0 Å². The Balaban J connectivity index is 2.18. The Morgan fingerprint density at radius 1 is 1.50 bits per heavy atom. The second-order valence-electron chi connectivity index (χ2n) is 6.30. The highest BCUT2D eigenvalue weighted by Gasteiger charge is 2.50. The molecule has 2 atom stereocenters. The van der Waals surface area contributed by atoms with Crippen molar-refractivity contribution in [1.29, 1.82) is 0 Å². The zero-order valence-corrected chi connectivity index (χ0v) is 12.2. The van der Waals surface area contributed by atoms with Crippen molar-refractivity contribution in [2.24, 2.45) is 5.92 Å². The molecule has 0 bridgehead atoms. The Labute approximate surface area is 100.0 Å². The monoisotopic (exact) mass is 243 g/mol. The number of nitrogens with one attached hydrogen (secondary N) is 1. The summed E-state index contributed by atoms with van der Waals surface area (Å²) in [5.41, 5.74) is 0.00495. The summed E-state index contributed by atoms with van der Waals surface area (Å²) in [6, 6.07) is 1.04. The van der Waals surface area contributed by atoms with Gasteiger partial charge < -0.3 is 10.1 Å². The van der Waals surface area contributed by atoms with Crippen LogP contribution in [0.25, 0.3) is 0 Å². The van der Waals surface area contributed by atoms with E-state index in [2.05, 4.69) is 38.8 Å². The molecule has 1 saturated carbocycles. The molecule has 0 aliphatic heterocycles. The number of carbonyl (C=O) groups is 1. The maximum Gasteiger partial charge on any atom is 0.407 e. The second-order valence-corrected chi connectivity index (χ2v) is 11.9. The minimum atomic E-state index is -1.09. The lowest BCUT2D eigenvalue weighted by Gasteiger charge is -2.17. The third-order valence-corrected chi connectivity index (χ3v) is 5.08. The van der Waals surface area contributed by atoms with E-state index >= 15 is 0 Å². The Morgan fingerprint density at radius 3 is 2.56 bits per heavy atom. The fourth-order valence-corrected chi connectivity index (χ4v) is 2.63. The molecule has 16 heavy (non-hydrogen) atoms. The van der Waals surface area contributed by atoms with Crippen molar-refractivity contribution in [1.82, 2.24) is 5.32 Å². The Hall–Kier alpha value is -0.513. The lowest BCUT2D eigenvalue weighted by Crippen LogP contribution is -2.37. The zero-order valence-electron chi connectivity index (χ0n) is 11.2. The molecule has 1 aliphatic rings. The zero-order chi connectivity index (χ0) is 12.4. The van der Waals surface area contributed by atoms with Gasteiger partial charge in [0.2, 0.25) is 0 Å². The van der Waals surface area contributed by atoms with Gasteiger partial charge in [0.25, 0.3) is 0 Å². The maximum absolute atomic E-state index is 11.5. The first-order chi connectivity index (χ1) is 7.27. The molecular formula is C12H25NO2Si. The van der Waals surface area contributed by atoms with Crippen molar-refractivity contribution in [2.45, 2.75) is 57.9 Å². The number of ether oxygens (including phenoxy) is 1. The minimum absolute atomic E-state index is 0.00495. The molecule has 94 valence electrons. The summed E-state index contributed by atoms with van der Waals surface area (Å²) < 4.78 is 5.21. The van der Waals surface area contributed by atoms with Crippen LogP contribution in [-0.4, -0.2) is 26.3 Å². The van der Waals surface area contributed by atoms with E-state index in [1.54, 1.807) is 0 Å². The van der Waals surface area contributed by atoms with Crippen LogP contribution in [0.5, 0.6) is 0 Å². The summed E-state index contributed by atoms with van der Waals surface area (Å²) in [5, 5.41) is 2.97. The van der Waals surface area contributed by atoms with Gasteiger partial charge in [-0.1, -0.05) is 33.0 Å². The molecule has 0 heterocycles. The number of hydrogen-bond donors (Lipinski definition) is 1. The molecule has 2 unspecified atom stereocenters. The fraction of sp³-hybridized carbons (Fsp3) is 0.917. The molecule has 1 N–H and O–H groups in total. The van der Waals surface area contributed by atoms with Crippen molar-refractivity contribution in [3.05, 3.63) is 0 Å². The fourth-order valence-electron chi connectivity index (χ4n) is 1.92. The van der Waals surface area contributed by atoms with Crippen LogP contribution in [0.1, 0.15) is 26.7 Å². The Morgan fingerprint density at radius 2 is 2.12 bits per heavy atom. The highest BCUT2D eigenvalue weighted by atomic mass is 28.3. The maximum atomic E-state index is 11.5. The van der Waals surface area contributed by atoms with E-state index in [-0.39, 0.29) is 11.6 Å². The lowest BCUT2D eigenvalue weighted by molar-refractivity contribution is 0.146. The first-order valence-electron chi connectivity index (χ1n) is 6.22. The quantitative estimate of drug-likeness (QED) is 0.753. The third-order valence-electron chi connectivity index (χ3n) is 3.38. The Kier molecular flexibility index (Phi) is 4.05. The van der Waals surface area contributed by atoms with Gasteiger partial charge in [0.15, 0.2) is 0 Å². The summed E-state index contributed by atoms with van der Waals surface area (Å²) in [4.78, 5) is 11.5. The predicted octanol–water partition coefficient (Wildman–Crippen LogP) is 3.24. The molecule has 3 nitrogen and oxygen atoms in total.